The number of likely N-dealkylation sites (tertiary alicyclic amines) is 1. The molecule has 180 valence electrons. The molecule has 34 heavy (non-hydrogen) atoms. The lowest BCUT2D eigenvalue weighted by Crippen LogP contribution is -2.46. The van der Waals surface area contributed by atoms with Crippen LogP contribution in [0.3, 0.4) is 0 Å². The van der Waals surface area contributed by atoms with Crippen molar-refractivity contribution in [2.45, 2.75) is 26.0 Å². The number of nitrogens with one attached hydrogen (secondary N) is 1. The second kappa shape index (κ2) is 10.7. The Morgan fingerprint density at radius 3 is 2.32 bits per heavy atom. The van der Waals surface area contributed by atoms with Crippen molar-refractivity contribution in [1.82, 2.24) is 15.1 Å². The van der Waals surface area contributed by atoms with E-state index in [0.717, 1.165) is 36.2 Å². The highest BCUT2D eigenvalue weighted by molar-refractivity contribution is 9.10. The van der Waals surface area contributed by atoms with Crippen molar-refractivity contribution in [3.05, 3.63) is 69.7 Å². The Bertz CT molecular complexity index is 1060. The molecule has 0 radical (unpaired) electrons. The topological polar surface area (TPSA) is 82.1 Å². The van der Waals surface area contributed by atoms with Crippen LogP contribution >= 0.6 is 15.9 Å². The molecular formula is C26H30BrN3O4. The zero-order valence-corrected chi connectivity index (χ0v) is 21.0. The van der Waals surface area contributed by atoms with Crippen LogP contribution in [-0.2, 0) is 9.59 Å². The Morgan fingerprint density at radius 2 is 1.71 bits per heavy atom. The summed E-state index contributed by atoms with van der Waals surface area (Å²) in [5, 5.41) is 14.5. The zero-order valence-electron chi connectivity index (χ0n) is 19.5. The summed E-state index contributed by atoms with van der Waals surface area (Å²) in [7, 11) is 0. The zero-order chi connectivity index (χ0) is 24.2. The first-order valence-electron chi connectivity index (χ1n) is 11.6. The molecular weight excluding hydrogens is 498 g/mol. The van der Waals surface area contributed by atoms with Gasteiger partial charge in [0, 0.05) is 49.3 Å². The monoisotopic (exact) mass is 527 g/mol. The van der Waals surface area contributed by atoms with Crippen LogP contribution in [0.25, 0.3) is 5.76 Å². The molecule has 0 saturated carbocycles. The van der Waals surface area contributed by atoms with E-state index in [-0.39, 0.29) is 17.4 Å². The van der Waals surface area contributed by atoms with Crippen molar-refractivity contribution >= 4 is 33.4 Å². The molecule has 2 aliphatic heterocycles. The molecule has 7 nitrogen and oxygen atoms in total. The molecule has 8 heteroatoms. The highest BCUT2D eigenvalue weighted by Gasteiger charge is 2.46. The van der Waals surface area contributed by atoms with Gasteiger partial charge in [0.05, 0.1) is 17.7 Å². The fourth-order valence-corrected chi connectivity index (χ4v) is 4.67. The number of aliphatic hydroxyl groups is 1. The van der Waals surface area contributed by atoms with Crippen LogP contribution in [0, 0.1) is 0 Å². The van der Waals surface area contributed by atoms with Crippen LogP contribution in [0.1, 0.15) is 31.0 Å². The van der Waals surface area contributed by atoms with E-state index < -0.39 is 17.7 Å². The molecule has 2 aromatic carbocycles. The second-order valence-electron chi connectivity index (χ2n) is 8.83. The van der Waals surface area contributed by atoms with E-state index in [1.807, 2.05) is 38.1 Å². The number of ketones is 1. The van der Waals surface area contributed by atoms with Crippen LogP contribution in [0.15, 0.2) is 58.6 Å². The predicted octanol–water partition coefficient (Wildman–Crippen LogP) is 3.56. The van der Waals surface area contributed by atoms with E-state index in [1.165, 1.54) is 0 Å². The van der Waals surface area contributed by atoms with Crippen LogP contribution in [0.2, 0.25) is 0 Å². The molecule has 0 aliphatic carbocycles. The van der Waals surface area contributed by atoms with Gasteiger partial charge in [-0.15, -0.1) is 0 Å². The average molecular weight is 528 g/mol. The molecule has 0 spiro atoms. The van der Waals surface area contributed by atoms with Gasteiger partial charge in [-0.2, -0.15) is 0 Å². The van der Waals surface area contributed by atoms with Gasteiger partial charge in [0.2, 0.25) is 0 Å². The Hall–Kier alpha value is -2.68. The number of aliphatic hydroxyl groups excluding tert-OH is 1. The summed E-state index contributed by atoms with van der Waals surface area (Å²) in [5.41, 5.74) is 1.37. The molecule has 2 fully saturated rings. The maximum Gasteiger partial charge on any atom is 0.295 e. The minimum absolute atomic E-state index is 0.0258. The van der Waals surface area contributed by atoms with Crippen LogP contribution in [0.4, 0.5) is 0 Å². The number of hydrogen-bond donors (Lipinski definition) is 2. The van der Waals surface area contributed by atoms with Gasteiger partial charge < -0.3 is 20.1 Å². The summed E-state index contributed by atoms with van der Waals surface area (Å²) >= 11 is 3.45. The van der Waals surface area contributed by atoms with Gasteiger partial charge >= 0.3 is 0 Å². The van der Waals surface area contributed by atoms with Crippen LogP contribution in [0.5, 0.6) is 5.75 Å². The van der Waals surface area contributed by atoms with E-state index in [2.05, 4.69) is 26.1 Å². The summed E-state index contributed by atoms with van der Waals surface area (Å²) in [6.07, 6.45) is 0.0258. The quantitative estimate of drug-likeness (QED) is 0.325. The van der Waals surface area contributed by atoms with Gasteiger partial charge in [0.15, 0.2) is 0 Å². The lowest BCUT2D eigenvalue weighted by Gasteiger charge is -2.31. The van der Waals surface area contributed by atoms with Gasteiger partial charge in [-0.05, 0) is 55.8 Å². The van der Waals surface area contributed by atoms with Gasteiger partial charge in [0.25, 0.3) is 11.7 Å². The molecule has 2 aliphatic rings. The van der Waals surface area contributed by atoms with E-state index in [0.29, 0.717) is 24.4 Å². The number of amides is 1. The maximum atomic E-state index is 13.2. The summed E-state index contributed by atoms with van der Waals surface area (Å²) in [6, 6.07) is 13.8. The molecule has 2 N–H and O–H groups in total. The van der Waals surface area contributed by atoms with E-state index in [1.54, 1.807) is 29.2 Å². The SMILES string of the molecule is CC(C)Oc1ccc(/C(O)=C2/C(=O)C(=O)N(CCN3CCNCC3)C2c2ccc(Br)cc2)cc1. The van der Waals surface area contributed by atoms with Crippen molar-refractivity contribution in [2.75, 3.05) is 39.3 Å². The third-order valence-corrected chi connectivity index (χ3v) is 6.62. The average Bonchev–Trinajstić information content (AvgIpc) is 3.08. The molecule has 0 bridgehead atoms. The lowest BCUT2D eigenvalue weighted by atomic mass is 9.95. The predicted molar refractivity (Wildman–Crippen MR) is 135 cm³/mol. The molecule has 1 unspecified atom stereocenters. The normalized spacial score (nSPS) is 20.8. The lowest BCUT2D eigenvalue weighted by molar-refractivity contribution is -0.140. The third-order valence-electron chi connectivity index (χ3n) is 6.09. The fourth-order valence-electron chi connectivity index (χ4n) is 4.41. The number of halogens is 1. The maximum absolute atomic E-state index is 13.2. The fraction of sp³-hybridized carbons (Fsp3) is 0.385. The molecule has 4 rings (SSSR count). The first kappa shape index (κ1) is 24.4. The number of carbonyl (C=O) groups is 2. The molecule has 1 amide bonds. The van der Waals surface area contributed by atoms with Gasteiger partial charge in [0.1, 0.15) is 11.5 Å². The molecule has 2 saturated heterocycles. The van der Waals surface area contributed by atoms with Crippen molar-refractivity contribution < 1.29 is 19.4 Å². The Labute approximate surface area is 208 Å². The Balaban J connectivity index is 1.69. The van der Waals surface area contributed by atoms with Crippen molar-refractivity contribution in [3.8, 4) is 5.75 Å². The highest BCUT2D eigenvalue weighted by atomic mass is 79.9. The van der Waals surface area contributed by atoms with Crippen molar-refractivity contribution in [2.24, 2.45) is 0 Å². The number of rotatable bonds is 7. The first-order valence-corrected chi connectivity index (χ1v) is 12.4. The van der Waals surface area contributed by atoms with Crippen molar-refractivity contribution in [1.29, 1.82) is 0 Å². The number of piperazine rings is 1. The summed E-state index contributed by atoms with van der Waals surface area (Å²) in [5.74, 6) is -0.739. The van der Waals surface area contributed by atoms with E-state index >= 15 is 0 Å². The smallest absolute Gasteiger partial charge is 0.295 e. The number of Topliss-reactive ketones (excluding diaryl/α,β-unsaturated/α-hetero) is 1. The second-order valence-corrected chi connectivity index (χ2v) is 9.74. The molecule has 2 aromatic rings. The number of hydrogen-bond acceptors (Lipinski definition) is 6. The molecule has 2 heterocycles. The standard InChI is InChI=1S/C26H30BrN3O4/c1-17(2)34-21-9-5-19(6-10-21)24(31)22-23(18-3-7-20(27)8-4-18)30(26(33)25(22)32)16-15-29-13-11-28-12-14-29/h3-10,17,23,28,31H,11-16H2,1-2H3/b24-22-. The van der Waals surface area contributed by atoms with Crippen LogP contribution < -0.4 is 10.1 Å². The number of nitrogens with zero attached hydrogens (tertiary/aromatic N) is 2. The number of carbonyl (C=O) groups excluding carboxylic acids is 2. The number of benzene rings is 2. The summed E-state index contributed by atoms with van der Waals surface area (Å²) < 4.78 is 6.58. The minimum Gasteiger partial charge on any atom is -0.507 e. The van der Waals surface area contributed by atoms with Gasteiger partial charge in [-0.1, -0.05) is 28.1 Å². The third kappa shape index (κ3) is 5.35. The molecule has 0 aromatic heterocycles. The van der Waals surface area contributed by atoms with Crippen molar-refractivity contribution in [3.63, 3.8) is 0 Å². The van der Waals surface area contributed by atoms with Crippen LogP contribution in [-0.4, -0.2) is 72.0 Å². The minimum atomic E-state index is -0.659. The number of ether oxygens (including phenoxy) is 1. The van der Waals surface area contributed by atoms with E-state index in [9.17, 15) is 14.7 Å². The highest BCUT2D eigenvalue weighted by Crippen LogP contribution is 2.39. The summed E-state index contributed by atoms with van der Waals surface area (Å²) in [6.45, 7) is 8.57. The Morgan fingerprint density at radius 1 is 1.06 bits per heavy atom. The first-order chi connectivity index (χ1) is 16.3. The van der Waals surface area contributed by atoms with E-state index in [4.69, 9.17) is 4.74 Å². The molecule has 1 atom stereocenters. The summed E-state index contributed by atoms with van der Waals surface area (Å²) in [4.78, 5) is 30.2. The van der Waals surface area contributed by atoms with Gasteiger partial charge in [-0.25, -0.2) is 0 Å². The Kier molecular flexibility index (Phi) is 7.70. The largest absolute Gasteiger partial charge is 0.507 e. The van der Waals surface area contributed by atoms with Gasteiger partial charge in [-0.3, -0.25) is 14.5 Å².